The molecule has 3 nitrogen and oxygen atoms in total. The van der Waals surface area contributed by atoms with Crippen molar-refractivity contribution in [1.29, 1.82) is 0 Å². The van der Waals surface area contributed by atoms with Gasteiger partial charge in [-0.3, -0.25) is 0 Å². The summed E-state index contributed by atoms with van der Waals surface area (Å²) in [7, 11) is 2.27. The molecular formula is C21H25N2OS2+. The van der Waals surface area contributed by atoms with Crippen LogP contribution >= 0.6 is 11.8 Å². The maximum atomic E-state index is 11.0. The van der Waals surface area contributed by atoms with Gasteiger partial charge in [0, 0.05) is 32.1 Å². The van der Waals surface area contributed by atoms with Crippen molar-refractivity contribution in [1.82, 2.24) is 4.90 Å². The Labute approximate surface area is 164 Å². The number of piperidine rings is 1. The minimum absolute atomic E-state index is 0.527. The van der Waals surface area contributed by atoms with Crippen LogP contribution in [0.4, 0.5) is 11.4 Å². The van der Waals surface area contributed by atoms with E-state index in [0.29, 0.717) is 23.5 Å². The number of nitrogens with zero attached hydrogens (tertiary/aromatic N) is 2. The van der Waals surface area contributed by atoms with Crippen LogP contribution in [0, 0.1) is 0 Å². The standard InChI is InChI=1S/C21H25N2OS2/c1-22-12-5-4-6-17(22)11-13-23-18-7-2-3-8-20(18)26-21-10-9-16(15-25-24)14-19(21)23/h2-3,7-10,14,17H,4-6,11-13,15H2,1H3/q+1. The van der Waals surface area contributed by atoms with Gasteiger partial charge in [0.05, 0.1) is 11.4 Å². The van der Waals surface area contributed by atoms with Crippen molar-refractivity contribution in [2.75, 3.05) is 25.0 Å². The van der Waals surface area contributed by atoms with Crippen molar-refractivity contribution in [3.8, 4) is 0 Å². The molecule has 0 aliphatic carbocycles. The van der Waals surface area contributed by atoms with Gasteiger partial charge in [0.15, 0.2) is 0 Å². The fraction of sp³-hybridized carbons (Fsp3) is 0.429. The van der Waals surface area contributed by atoms with Gasteiger partial charge in [-0.1, -0.05) is 36.4 Å². The molecule has 0 saturated carbocycles. The van der Waals surface area contributed by atoms with Gasteiger partial charge in [-0.05, 0) is 57.1 Å². The zero-order valence-electron chi connectivity index (χ0n) is 15.2. The van der Waals surface area contributed by atoms with Crippen molar-refractivity contribution >= 4 is 34.8 Å². The molecule has 2 aromatic carbocycles. The molecule has 2 aromatic rings. The lowest BCUT2D eigenvalue weighted by Crippen LogP contribution is -2.38. The van der Waals surface area contributed by atoms with Crippen LogP contribution in [0.15, 0.2) is 52.3 Å². The van der Waals surface area contributed by atoms with Gasteiger partial charge in [-0.2, -0.15) is 0 Å². The van der Waals surface area contributed by atoms with E-state index in [0.717, 1.165) is 12.1 Å². The first-order valence-electron chi connectivity index (χ1n) is 9.38. The van der Waals surface area contributed by atoms with Gasteiger partial charge >= 0.3 is 11.7 Å². The lowest BCUT2D eigenvalue weighted by atomic mass is 9.99. The lowest BCUT2D eigenvalue weighted by Gasteiger charge is -2.37. The summed E-state index contributed by atoms with van der Waals surface area (Å²) in [6, 6.07) is 15.9. The van der Waals surface area contributed by atoms with E-state index in [-0.39, 0.29) is 0 Å². The highest BCUT2D eigenvalue weighted by Gasteiger charge is 2.26. The van der Waals surface area contributed by atoms with E-state index in [4.69, 9.17) is 0 Å². The number of para-hydroxylation sites is 1. The molecule has 2 heterocycles. The molecule has 2 aliphatic heterocycles. The van der Waals surface area contributed by atoms with Crippen molar-refractivity contribution in [2.24, 2.45) is 0 Å². The summed E-state index contributed by atoms with van der Waals surface area (Å²) in [6.07, 6.45) is 5.16. The first-order chi connectivity index (χ1) is 12.8. The van der Waals surface area contributed by atoms with Crippen LogP contribution in [-0.2, 0) is 21.6 Å². The highest BCUT2D eigenvalue weighted by Crippen LogP contribution is 2.48. The summed E-state index contributed by atoms with van der Waals surface area (Å²) < 4.78 is 11.0. The van der Waals surface area contributed by atoms with Crippen LogP contribution in [0.1, 0.15) is 31.2 Å². The third kappa shape index (κ3) is 3.66. The van der Waals surface area contributed by atoms with Crippen LogP contribution in [-0.4, -0.2) is 31.1 Å². The number of benzene rings is 2. The van der Waals surface area contributed by atoms with Gasteiger partial charge in [0.1, 0.15) is 0 Å². The van der Waals surface area contributed by atoms with Gasteiger partial charge in [0.2, 0.25) is 0 Å². The Morgan fingerprint density at radius 1 is 1.12 bits per heavy atom. The smallest absolute Gasteiger partial charge is 0.340 e. The second kappa shape index (κ2) is 8.07. The normalized spacial score (nSPS) is 19.7. The second-order valence-corrected chi connectivity index (χ2v) is 8.81. The third-order valence-electron chi connectivity index (χ3n) is 5.52. The molecule has 0 aromatic heterocycles. The summed E-state index contributed by atoms with van der Waals surface area (Å²) in [5.41, 5.74) is 3.68. The Balaban J connectivity index is 1.63. The summed E-state index contributed by atoms with van der Waals surface area (Å²) in [6.45, 7) is 2.24. The largest absolute Gasteiger partial charge is 0.463 e. The van der Waals surface area contributed by atoms with Crippen LogP contribution in [0.2, 0.25) is 0 Å². The van der Waals surface area contributed by atoms with Crippen molar-refractivity contribution in [3.05, 3.63) is 48.0 Å². The van der Waals surface area contributed by atoms with Crippen LogP contribution in [0.25, 0.3) is 0 Å². The molecule has 1 fully saturated rings. The highest BCUT2D eigenvalue weighted by atomic mass is 32.2. The molecule has 5 heteroatoms. The van der Waals surface area contributed by atoms with Gasteiger partial charge in [0.25, 0.3) is 5.75 Å². The molecule has 136 valence electrons. The van der Waals surface area contributed by atoms with Crippen LogP contribution < -0.4 is 4.90 Å². The highest BCUT2D eigenvalue weighted by molar-refractivity contribution is 7.99. The Hall–Kier alpha value is -1.43. The predicted molar refractivity (Wildman–Crippen MR) is 111 cm³/mol. The number of rotatable bonds is 5. The SMILES string of the molecule is CN1CCCCC1CCN1c2ccccc2Sc2ccc(C[S+]=O)cc21. The van der Waals surface area contributed by atoms with Gasteiger partial charge in [-0.25, -0.2) is 0 Å². The molecule has 4 rings (SSSR count). The molecule has 1 unspecified atom stereocenters. The monoisotopic (exact) mass is 385 g/mol. The average Bonchev–Trinajstić information content (AvgIpc) is 2.67. The Bertz CT molecular complexity index is 795. The Morgan fingerprint density at radius 2 is 1.96 bits per heavy atom. The minimum Gasteiger partial charge on any atom is -0.340 e. The van der Waals surface area contributed by atoms with E-state index in [1.165, 1.54) is 53.4 Å². The number of hydrogen-bond donors (Lipinski definition) is 0. The Morgan fingerprint density at radius 3 is 2.81 bits per heavy atom. The first kappa shape index (κ1) is 18.0. The third-order valence-corrected chi connectivity index (χ3v) is 7.10. The number of hydrogen-bond acceptors (Lipinski definition) is 4. The van der Waals surface area contributed by atoms with Crippen LogP contribution in [0.5, 0.6) is 0 Å². The van der Waals surface area contributed by atoms with Crippen LogP contribution in [0.3, 0.4) is 0 Å². The molecule has 0 bridgehead atoms. The molecule has 1 atom stereocenters. The first-order valence-corrected chi connectivity index (χ1v) is 11.1. The topological polar surface area (TPSA) is 23.6 Å². The van der Waals surface area contributed by atoms with E-state index in [2.05, 4.69) is 59.3 Å². The Kier molecular flexibility index (Phi) is 5.57. The fourth-order valence-electron chi connectivity index (χ4n) is 4.06. The zero-order valence-corrected chi connectivity index (χ0v) is 16.8. The van der Waals surface area contributed by atoms with E-state index < -0.39 is 0 Å². The zero-order chi connectivity index (χ0) is 17.9. The number of likely N-dealkylation sites (tertiary alicyclic amines) is 1. The fourth-order valence-corrected chi connectivity index (χ4v) is 5.45. The molecule has 26 heavy (non-hydrogen) atoms. The molecule has 0 amide bonds. The number of anilines is 2. The summed E-state index contributed by atoms with van der Waals surface area (Å²) in [5, 5.41) is 0. The summed E-state index contributed by atoms with van der Waals surface area (Å²) >= 11 is 2.48. The summed E-state index contributed by atoms with van der Waals surface area (Å²) in [4.78, 5) is 7.62. The van der Waals surface area contributed by atoms with Crippen molar-refractivity contribution < 1.29 is 4.21 Å². The number of fused-ring (bicyclic) bond motifs is 2. The van der Waals surface area contributed by atoms with Gasteiger partial charge < -0.3 is 9.80 Å². The maximum Gasteiger partial charge on any atom is 0.463 e. The van der Waals surface area contributed by atoms with E-state index >= 15 is 0 Å². The molecule has 0 spiro atoms. The molecule has 0 radical (unpaired) electrons. The molecule has 1 saturated heterocycles. The summed E-state index contributed by atoms with van der Waals surface area (Å²) in [5.74, 6) is 0.527. The van der Waals surface area contributed by atoms with E-state index in [1.807, 2.05) is 11.8 Å². The van der Waals surface area contributed by atoms with E-state index in [9.17, 15) is 4.21 Å². The quantitative estimate of drug-likeness (QED) is 0.669. The van der Waals surface area contributed by atoms with Gasteiger partial charge in [-0.15, -0.1) is 0 Å². The maximum absolute atomic E-state index is 11.0. The minimum atomic E-state index is 0.527. The lowest BCUT2D eigenvalue weighted by molar-refractivity contribution is 0.178. The average molecular weight is 386 g/mol. The second-order valence-electron chi connectivity index (χ2n) is 7.20. The van der Waals surface area contributed by atoms with Crippen molar-refractivity contribution in [3.63, 3.8) is 0 Å². The molecule has 0 N–H and O–H groups in total. The predicted octanol–water partition coefficient (Wildman–Crippen LogP) is 5.09. The molecule has 2 aliphatic rings. The molecular weight excluding hydrogens is 360 g/mol. The van der Waals surface area contributed by atoms with Crippen molar-refractivity contribution in [2.45, 2.75) is 47.3 Å². The van der Waals surface area contributed by atoms with E-state index in [1.54, 1.807) is 0 Å².